The van der Waals surface area contributed by atoms with Gasteiger partial charge in [0.2, 0.25) is 0 Å². The zero-order valence-electron chi connectivity index (χ0n) is 16.0. The number of hydrogen-bond donors (Lipinski definition) is 1. The lowest BCUT2D eigenvalue weighted by Gasteiger charge is -2.21. The Morgan fingerprint density at radius 2 is 1.67 bits per heavy atom. The molecule has 3 aromatic rings. The van der Waals surface area contributed by atoms with Crippen molar-refractivity contribution < 1.29 is 23.0 Å². The number of aliphatic hydroxyl groups is 1. The molecule has 2 heterocycles. The minimum atomic E-state index is -4.70. The van der Waals surface area contributed by atoms with Crippen molar-refractivity contribution >= 4 is 0 Å². The van der Waals surface area contributed by atoms with E-state index in [0.717, 1.165) is 42.0 Å². The van der Waals surface area contributed by atoms with E-state index < -0.39 is 6.36 Å². The standard InChI is InChI=1S/C23H19F3N2O2/c24-23(25,26)30-20-10-5-17(6-11-20)2-1-16-3-8-19(9-4-16)21-14-28-13-18(15-29)7-12-22(28)27-21/h3-6,8-11,14,18,29H,7,12-13,15H2. The van der Waals surface area contributed by atoms with Gasteiger partial charge in [-0.1, -0.05) is 24.0 Å². The summed E-state index contributed by atoms with van der Waals surface area (Å²) in [7, 11) is 0. The third-order valence-electron chi connectivity index (χ3n) is 4.97. The fourth-order valence-electron chi connectivity index (χ4n) is 3.41. The number of alkyl halides is 3. The van der Waals surface area contributed by atoms with Gasteiger partial charge in [0.15, 0.2) is 0 Å². The lowest BCUT2D eigenvalue weighted by atomic mass is 10.0. The van der Waals surface area contributed by atoms with Crippen LogP contribution in [0.4, 0.5) is 13.2 Å². The van der Waals surface area contributed by atoms with Crippen LogP contribution in [0.15, 0.2) is 54.7 Å². The van der Waals surface area contributed by atoms with Crippen LogP contribution < -0.4 is 4.74 Å². The molecule has 0 fully saturated rings. The van der Waals surface area contributed by atoms with Crippen LogP contribution in [0.25, 0.3) is 11.3 Å². The van der Waals surface area contributed by atoms with Crippen LogP contribution in [-0.2, 0) is 13.0 Å². The number of halogens is 3. The fraction of sp³-hybridized carbons (Fsp3) is 0.261. The van der Waals surface area contributed by atoms with Crippen LogP contribution in [0.1, 0.15) is 23.4 Å². The van der Waals surface area contributed by atoms with E-state index in [2.05, 4.69) is 21.1 Å². The number of aromatic nitrogens is 2. The molecule has 1 aliphatic heterocycles. The molecule has 0 spiro atoms. The second-order valence-corrected chi connectivity index (χ2v) is 7.18. The second-order valence-electron chi connectivity index (χ2n) is 7.18. The lowest BCUT2D eigenvalue weighted by Crippen LogP contribution is -2.22. The van der Waals surface area contributed by atoms with E-state index in [1.807, 2.05) is 30.5 Å². The minimum absolute atomic E-state index is 0.193. The Hall–Kier alpha value is -3.24. The maximum Gasteiger partial charge on any atom is 0.573 e. The summed E-state index contributed by atoms with van der Waals surface area (Å²) in [4.78, 5) is 4.70. The van der Waals surface area contributed by atoms with Gasteiger partial charge in [-0.2, -0.15) is 0 Å². The van der Waals surface area contributed by atoms with E-state index in [1.165, 1.54) is 24.3 Å². The van der Waals surface area contributed by atoms with E-state index in [0.29, 0.717) is 5.56 Å². The van der Waals surface area contributed by atoms with Crippen molar-refractivity contribution in [2.24, 2.45) is 5.92 Å². The molecule has 1 unspecified atom stereocenters. The molecule has 7 heteroatoms. The van der Waals surface area contributed by atoms with E-state index in [4.69, 9.17) is 4.98 Å². The van der Waals surface area contributed by atoms with E-state index in [9.17, 15) is 18.3 Å². The first-order valence-corrected chi connectivity index (χ1v) is 9.55. The maximum atomic E-state index is 12.2. The lowest BCUT2D eigenvalue weighted by molar-refractivity contribution is -0.274. The van der Waals surface area contributed by atoms with Gasteiger partial charge in [-0.15, -0.1) is 13.2 Å². The van der Waals surface area contributed by atoms with Crippen LogP contribution in [-0.4, -0.2) is 27.6 Å². The van der Waals surface area contributed by atoms with E-state index in [-0.39, 0.29) is 18.3 Å². The SMILES string of the molecule is OCC1CCc2nc(-c3ccc(C#Cc4ccc(OC(F)(F)F)cc4)cc3)cn2C1. The Morgan fingerprint density at radius 3 is 2.27 bits per heavy atom. The topological polar surface area (TPSA) is 47.3 Å². The monoisotopic (exact) mass is 412 g/mol. The maximum absolute atomic E-state index is 12.2. The van der Waals surface area contributed by atoms with Gasteiger partial charge in [0, 0.05) is 48.4 Å². The van der Waals surface area contributed by atoms with Crippen LogP contribution in [0.2, 0.25) is 0 Å². The van der Waals surface area contributed by atoms with Gasteiger partial charge in [-0.25, -0.2) is 4.98 Å². The first-order valence-electron chi connectivity index (χ1n) is 9.55. The molecule has 0 saturated carbocycles. The summed E-state index contributed by atoms with van der Waals surface area (Å²) in [5, 5.41) is 9.36. The minimum Gasteiger partial charge on any atom is -0.406 e. The molecule has 0 saturated heterocycles. The summed E-state index contributed by atoms with van der Waals surface area (Å²) in [5.74, 6) is 6.98. The van der Waals surface area contributed by atoms with E-state index >= 15 is 0 Å². The van der Waals surface area contributed by atoms with Crippen molar-refractivity contribution in [1.82, 2.24) is 9.55 Å². The molecule has 4 rings (SSSR count). The van der Waals surface area contributed by atoms with Crippen molar-refractivity contribution in [2.45, 2.75) is 25.7 Å². The number of fused-ring (bicyclic) bond motifs is 1. The average molecular weight is 412 g/mol. The molecule has 1 aromatic heterocycles. The highest BCUT2D eigenvalue weighted by Crippen LogP contribution is 2.25. The third kappa shape index (κ3) is 4.84. The summed E-state index contributed by atoms with van der Waals surface area (Å²) >= 11 is 0. The van der Waals surface area contributed by atoms with Crippen LogP contribution in [0.5, 0.6) is 5.75 Å². The molecule has 1 aliphatic rings. The molecule has 1 N–H and O–H groups in total. The molecule has 30 heavy (non-hydrogen) atoms. The van der Waals surface area contributed by atoms with Crippen LogP contribution >= 0.6 is 0 Å². The number of benzene rings is 2. The molecule has 0 radical (unpaired) electrons. The quantitative estimate of drug-likeness (QED) is 0.649. The van der Waals surface area contributed by atoms with Crippen molar-refractivity contribution in [2.75, 3.05) is 6.61 Å². The van der Waals surface area contributed by atoms with Crippen molar-refractivity contribution in [3.63, 3.8) is 0 Å². The first kappa shape index (κ1) is 20.0. The molecule has 0 amide bonds. The van der Waals surface area contributed by atoms with E-state index in [1.54, 1.807) is 0 Å². The molecular weight excluding hydrogens is 393 g/mol. The molecule has 0 aliphatic carbocycles. The first-order chi connectivity index (χ1) is 14.4. The zero-order chi connectivity index (χ0) is 21.1. The van der Waals surface area contributed by atoms with Gasteiger partial charge in [0.05, 0.1) is 5.69 Å². The van der Waals surface area contributed by atoms with Gasteiger partial charge in [0.25, 0.3) is 0 Å². The molecule has 4 nitrogen and oxygen atoms in total. The van der Waals surface area contributed by atoms with Crippen LogP contribution in [0.3, 0.4) is 0 Å². The highest BCUT2D eigenvalue weighted by Gasteiger charge is 2.30. The number of nitrogens with zero attached hydrogens (tertiary/aromatic N) is 2. The molecule has 1 atom stereocenters. The summed E-state index contributed by atoms with van der Waals surface area (Å²) in [6.07, 6.45) is -0.876. The molecule has 2 aromatic carbocycles. The van der Waals surface area contributed by atoms with Gasteiger partial charge < -0.3 is 14.4 Å². The predicted octanol–water partition coefficient (Wildman–Crippen LogP) is 4.40. The Kier molecular flexibility index (Phi) is 5.51. The summed E-state index contributed by atoms with van der Waals surface area (Å²) in [6.45, 7) is 0.980. The number of aryl methyl sites for hydroxylation is 1. The van der Waals surface area contributed by atoms with Crippen molar-refractivity contribution in [3.05, 3.63) is 71.7 Å². The summed E-state index contributed by atoms with van der Waals surface area (Å²) < 4.78 is 42.6. The Bertz CT molecular complexity index is 1070. The fourth-order valence-corrected chi connectivity index (χ4v) is 3.41. The van der Waals surface area contributed by atoms with Gasteiger partial charge in [-0.3, -0.25) is 0 Å². The summed E-state index contributed by atoms with van der Waals surface area (Å²) in [5.41, 5.74) is 3.26. The number of rotatable bonds is 3. The second kappa shape index (κ2) is 8.25. The molecule has 0 bridgehead atoms. The zero-order valence-corrected chi connectivity index (χ0v) is 16.0. The highest BCUT2D eigenvalue weighted by molar-refractivity contribution is 5.60. The average Bonchev–Trinajstić information content (AvgIpc) is 3.16. The van der Waals surface area contributed by atoms with Crippen molar-refractivity contribution in [1.29, 1.82) is 0 Å². The summed E-state index contributed by atoms with van der Waals surface area (Å²) in [6, 6.07) is 13.1. The number of ether oxygens (including phenoxy) is 1. The largest absolute Gasteiger partial charge is 0.573 e. The number of imidazole rings is 1. The van der Waals surface area contributed by atoms with Crippen LogP contribution in [0, 0.1) is 17.8 Å². The predicted molar refractivity (Wildman–Crippen MR) is 106 cm³/mol. The normalized spacial score (nSPS) is 15.8. The third-order valence-corrected chi connectivity index (χ3v) is 4.97. The Labute approximate surface area is 172 Å². The number of aliphatic hydroxyl groups excluding tert-OH is 1. The van der Waals surface area contributed by atoms with Gasteiger partial charge >= 0.3 is 6.36 Å². The number of hydrogen-bond acceptors (Lipinski definition) is 3. The molecule has 154 valence electrons. The highest BCUT2D eigenvalue weighted by atomic mass is 19.4. The Morgan fingerprint density at radius 1 is 1.03 bits per heavy atom. The van der Waals surface area contributed by atoms with Gasteiger partial charge in [0.1, 0.15) is 11.6 Å². The Balaban J connectivity index is 1.45. The molecular formula is C23H19F3N2O2. The smallest absolute Gasteiger partial charge is 0.406 e. The van der Waals surface area contributed by atoms with Gasteiger partial charge in [-0.05, 0) is 42.8 Å². The van der Waals surface area contributed by atoms with Crippen molar-refractivity contribution in [3.8, 4) is 28.8 Å².